The summed E-state index contributed by atoms with van der Waals surface area (Å²) in [6, 6.07) is 15.3. The van der Waals surface area contributed by atoms with E-state index in [1.807, 2.05) is 6.07 Å². The Morgan fingerprint density at radius 1 is 1.04 bits per heavy atom. The van der Waals surface area contributed by atoms with E-state index in [0.29, 0.717) is 11.3 Å². The Labute approximate surface area is 153 Å². The summed E-state index contributed by atoms with van der Waals surface area (Å²) in [7, 11) is 0. The van der Waals surface area contributed by atoms with Gasteiger partial charge in [-0.3, -0.25) is 0 Å². The zero-order valence-electron chi connectivity index (χ0n) is 13.9. The molecule has 0 saturated heterocycles. The van der Waals surface area contributed by atoms with Crippen molar-refractivity contribution < 1.29 is 17.9 Å². The summed E-state index contributed by atoms with van der Waals surface area (Å²) >= 11 is 0. The van der Waals surface area contributed by atoms with E-state index in [1.165, 1.54) is 30.5 Å². The molecule has 3 aromatic rings. The molecule has 3 rings (SSSR count). The smallest absolute Gasteiger partial charge is 0.416 e. The van der Waals surface area contributed by atoms with Crippen LogP contribution in [-0.2, 0) is 12.8 Å². The van der Waals surface area contributed by atoms with Gasteiger partial charge in [0.15, 0.2) is 0 Å². The molecule has 0 aliphatic heterocycles. The van der Waals surface area contributed by atoms with Gasteiger partial charge >= 0.3 is 6.18 Å². The summed E-state index contributed by atoms with van der Waals surface area (Å²) < 4.78 is 44.5. The van der Waals surface area contributed by atoms with Crippen molar-refractivity contribution in [2.24, 2.45) is 0 Å². The van der Waals surface area contributed by atoms with E-state index >= 15 is 0 Å². The number of nitrogens with zero attached hydrogens (tertiary/aromatic N) is 3. The van der Waals surface area contributed by atoms with Crippen molar-refractivity contribution in [2.45, 2.75) is 12.8 Å². The SMILES string of the molecule is N#Cc1ccc(Nc2nccc(OCc3ccccc3C(F)(F)F)n2)cc1. The van der Waals surface area contributed by atoms with Crippen LogP contribution in [0, 0.1) is 11.3 Å². The quantitative estimate of drug-likeness (QED) is 0.706. The van der Waals surface area contributed by atoms with Crippen molar-refractivity contribution in [3.8, 4) is 11.9 Å². The van der Waals surface area contributed by atoms with Gasteiger partial charge in [-0.15, -0.1) is 0 Å². The number of benzene rings is 2. The Kier molecular flexibility index (Phi) is 5.22. The molecule has 0 aliphatic rings. The van der Waals surface area contributed by atoms with Gasteiger partial charge in [0.1, 0.15) is 6.61 Å². The molecule has 1 N–H and O–H groups in total. The fourth-order valence-corrected chi connectivity index (χ4v) is 2.31. The van der Waals surface area contributed by atoms with Crippen molar-refractivity contribution in [3.63, 3.8) is 0 Å². The first kappa shape index (κ1) is 18.2. The van der Waals surface area contributed by atoms with Crippen LogP contribution in [0.5, 0.6) is 5.88 Å². The highest BCUT2D eigenvalue weighted by molar-refractivity contribution is 5.54. The van der Waals surface area contributed by atoms with Gasteiger partial charge in [-0.25, -0.2) is 4.98 Å². The van der Waals surface area contributed by atoms with Crippen molar-refractivity contribution in [2.75, 3.05) is 5.32 Å². The van der Waals surface area contributed by atoms with Crippen LogP contribution in [0.15, 0.2) is 60.8 Å². The van der Waals surface area contributed by atoms with Gasteiger partial charge in [0.25, 0.3) is 0 Å². The average Bonchev–Trinajstić information content (AvgIpc) is 2.67. The molecule has 8 heteroatoms. The molecule has 0 amide bonds. The van der Waals surface area contributed by atoms with Crippen LogP contribution in [0.3, 0.4) is 0 Å². The Balaban J connectivity index is 1.70. The van der Waals surface area contributed by atoms with Crippen LogP contribution in [0.4, 0.5) is 24.8 Å². The Hall–Kier alpha value is -3.60. The number of nitrogens with one attached hydrogen (secondary N) is 1. The molecule has 27 heavy (non-hydrogen) atoms. The molecule has 1 heterocycles. The topological polar surface area (TPSA) is 70.8 Å². The van der Waals surface area contributed by atoms with Gasteiger partial charge in [0.2, 0.25) is 11.8 Å². The molecule has 0 spiro atoms. The number of nitriles is 1. The number of anilines is 2. The van der Waals surface area contributed by atoms with E-state index in [4.69, 9.17) is 10.00 Å². The number of rotatable bonds is 5. The molecule has 0 unspecified atom stereocenters. The van der Waals surface area contributed by atoms with Gasteiger partial charge in [0, 0.05) is 23.5 Å². The van der Waals surface area contributed by atoms with Gasteiger partial charge in [-0.05, 0) is 30.3 Å². The van der Waals surface area contributed by atoms with E-state index in [-0.39, 0.29) is 24.0 Å². The molecule has 1 aromatic heterocycles. The van der Waals surface area contributed by atoms with Gasteiger partial charge < -0.3 is 10.1 Å². The van der Waals surface area contributed by atoms with Gasteiger partial charge in [-0.1, -0.05) is 18.2 Å². The van der Waals surface area contributed by atoms with E-state index in [1.54, 1.807) is 24.3 Å². The second-order valence-corrected chi connectivity index (χ2v) is 5.48. The minimum atomic E-state index is -4.45. The predicted molar refractivity (Wildman–Crippen MR) is 92.2 cm³/mol. The maximum atomic E-state index is 13.0. The molecular weight excluding hydrogens is 357 g/mol. The largest absolute Gasteiger partial charge is 0.473 e. The maximum absolute atomic E-state index is 13.0. The molecule has 136 valence electrons. The third-order valence-corrected chi connectivity index (χ3v) is 3.60. The number of hydrogen-bond acceptors (Lipinski definition) is 5. The second kappa shape index (κ2) is 7.74. The number of halogens is 3. The number of ether oxygens (including phenoxy) is 1. The molecule has 0 fully saturated rings. The molecule has 0 radical (unpaired) electrons. The van der Waals surface area contributed by atoms with Gasteiger partial charge in [0.05, 0.1) is 17.2 Å². The van der Waals surface area contributed by atoms with E-state index in [0.717, 1.165) is 6.07 Å². The van der Waals surface area contributed by atoms with E-state index in [2.05, 4.69) is 15.3 Å². The molecule has 5 nitrogen and oxygen atoms in total. The lowest BCUT2D eigenvalue weighted by Gasteiger charge is -2.13. The average molecular weight is 370 g/mol. The summed E-state index contributed by atoms with van der Waals surface area (Å²) in [5.74, 6) is 0.361. The fraction of sp³-hybridized carbons (Fsp3) is 0.105. The standard InChI is InChI=1S/C19H13F3N4O/c20-19(21,22)16-4-2-1-3-14(16)12-27-17-9-10-24-18(26-17)25-15-7-5-13(11-23)6-8-15/h1-10H,12H2,(H,24,25,26). The monoisotopic (exact) mass is 370 g/mol. The zero-order chi connectivity index (χ0) is 19.3. The zero-order valence-corrected chi connectivity index (χ0v) is 13.9. The van der Waals surface area contributed by atoms with Crippen molar-refractivity contribution in [1.29, 1.82) is 5.26 Å². The highest BCUT2D eigenvalue weighted by atomic mass is 19.4. The lowest BCUT2D eigenvalue weighted by molar-refractivity contribution is -0.138. The normalized spacial score (nSPS) is 10.9. The van der Waals surface area contributed by atoms with Crippen molar-refractivity contribution in [3.05, 3.63) is 77.5 Å². The number of aromatic nitrogens is 2. The maximum Gasteiger partial charge on any atom is 0.416 e. The molecule has 0 atom stereocenters. The summed E-state index contributed by atoms with van der Waals surface area (Å²) in [5.41, 5.74) is 0.454. The van der Waals surface area contributed by atoms with Crippen LogP contribution in [0.1, 0.15) is 16.7 Å². The second-order valence-electron chi connectivity index (χ2n) is 5.48. The first-order valence-corrected chi connectivity index (χ1v) is 7.84. The molecule has 0 saturated carbocycles. The van der Waals surface area contributed by atoms with Crippen molar-refractivity contribution in [1.82, 2.24) is 9.97 Å². The van der Waals surface area contributed by atoms with Crippen molar-refractivity contribution >= 4 is 11.6 Å². The van der Waals surface area contributed by atoms with Gasteiger partial charge in [-0.2, -0.15) is 23.4 Å². The first-order valence-electron chi connectivity index (χ1n) is 7.84. The molecular formula is C19H13F3N4O. The lowest BCUT2D eigenvalue weighted by atomic mass is 10.1. The Morgan fingerprint density at radius 3 is 2.48 bits per heavy atom. The molecule has 0 aliphatic carbocycles. The number of hydrogen-bond donors (Lipinski definition) is 1. The summed E-state index contributed by atoms with van der Waals surface area (Å²) in [6.45, 7) is -0.275. The van der Waals surface area contributed by atoms with Crippen LogP contribution < -0.4 is 10.1 Å². The first-order chi connectivity index (χ1) is 13.0. The van der Waals surface area contributed by atoms with E-state index in [9.17, 15) is 13.2 Å². The molecule has 0 bridgehead atoms. The van der Waals surface area contributed by atoms with Crippen LogP contribution in [-0.4, -0.2) is 9.97 Å². The Bertz CT molecular complexity index is 966. The third kappa shape index (κ3) is 4.73. The lowest BCUT2D eigenvalue weighted by Crippen LogP contribution is -2.11. The van der Waals surface area contributed by atoms with Crippen LogP contribution in [0.2, 0.25) is 0 Å². The fourth-order valence-electron chi connectivity index (χ4n) is 2.31. The summed E-state index contributed by atoms with van der Waals surface area (Å²) in [6.07, 6.45) is -3.02. The highest BCUT2D eigenvalue weighted by Crippen LogP contribution is 2.32. The van der Waals surface area contributed by atoms with Crippen LogP contribution >= 0.6 is 0 Å². The highest BCUT2D eigenvalue weighted by Gasteiger charge is 2.32. The van der Waals surface area contributed by atoms with E-state index < -0.39 is 11.7 Å². The third-order valence-electron chi connectivity index (χ3n) is 3.60. The van der Waals surface area contributed by atoms with Crippen LogP contribution in [0.25, 0.3) is 0 Å². The minimum Gasteiger partial charge on any atom is -0.473 e. The summed E-state index contributed by atoms with van der Waals surface area (Å²) in [5, 5.41) is 11.7. The molecule has 2 aromatic carbocycles. The predicted octanol–water partition coefficient (Wildman–Crippen LogP) is 4.69. The summed E-state index contributed by atoms with van der Waals surface area (Å²) in [4.78, 5) is 8.17. The number of alkyl halides is 3. The minimum absolute atomic E-state index is 0.0187. The Morgan fingerprint density at radius 2 is 1.78 bits per heavy atom.